The van der Waals surface area contributed by atoms with Gasteiger partial charge in [-0.25, -0.2) is 9.59 Å². The second-order valence-corrected chi connectivity index (χ2v) is 3.15. The number of carbonyl (C=O) groups is 2. The smallest absolute Gasteiger partial charge is 0.376 e. The zero-order valence-electron chi connectivity index (χ0n) is 10.0. The quantitative estimate of drug-likeness (QED) is 0.471. The molecule has 0 heterocycles. The fraction of sp³-hybridized carbons (Fsp3) is 0.800. The van der Waals surface area contributed by atoms with Crippen LogP contribution in [0.5, 0.6) is 0 Å². The van der Waals surface area contributed by atoms with Crippen LogP contribution in [0.25, 0.3) is 0 Å². The fourth-order valence-electron chi connectivity index (χ4n) is 0.801. The van der Waals surface area contributed by atoms with Crippen molar-refractivity contribution in [2.75, 3.05) is 20.8 Å². The van der Waals surface area contributed by atoms with Gasteiger partial charge in [-0.2, -0.15) is 0 Å². The first-order valence-corrected chi connectivity index (χ1v) is 4.96. The first-order valence-electron chi connectivity index (χ1n) is 4.96. The van der Waals surface area contributed by atoms with E-state index < -0.39 is 18.2 Å². The Morgan fingerprint density at radius 2 is 1.81 bits per heavy atom. The SMILES string of the molecule is CCC(C)OC(=O)C(OC)OC(=O)COC. The van der Waals surface area contributed by atoms with E-state index in [9.17, 15) is 9.59 Å². The molecular weight excluding hydrogens is 216 g/mol. The van der Waals surface area contributed by atoms with Crippen molar-refractivity contribution in [1.82, 2.24) is 0 Å². The maximum Gasteiger partial charge on any atom is 0.376 e. The molecule has 6 nitrogen and oxygen atoms in total. The Labute approximate surface area is 94.8 Å². The molecule has 94 valence electrons. The van der Waals surface area contributed by atoms with Crippen LogP contribution in [0.1, 0.15) is 20.3 Å². The molecule has 2 unspecified atom stereocenters. The topological polar surface area (TPSA) is 71.1 Å². The number of carbonyl (C=O) groups excluding carboxylic acids is 2. The molecule has 0 spiro atoms. The van der Waals surface area contributed by atoms with Crippen molar-refractivity contribution in [1.29, 1.82) is 0 Å². The van der Waals surface area contributed by atoms with Gasteiger partial charge in [-0.05, 0) is 13.3 Å². The number of hydrogen-bond acceptors (Lipinski definition) is 6. The molecule has 0 aliphatic carbocycles. The summed E-state index contributed by atoms with van der Waals surface area (Å²) in [4.78, 5) is 22.5. The van der Waals surface area contributed by atoms with Gasteiger partial charge in [-0.15, -0.1) is 0 Å². The first kappa shape index (κ1) is 14.9. The van der Waals surface area contributed by atoms with Gasteiger partial charge in [-0.1, -0.05) is 6.92 Å². The van der Waals surface area contributed by atoms with Crippen molar-refractivity contribution < 1.29 is 28.5 Å². The molecule has 0 fully saturated rings. The summed E-state index contributed by atoms with van der Waals surface area (Å²) < 4.78 is 18.9. The van der Waals surface area contributed by atoms with Crippen molar-refractivity contribution in [3.05, 3.63) is 0 Å². The first-order chi connectivity index (χ1) is 7.54. The van der Waals surface area contributed by atoms with Crippen LogP contribution >= 0.6 is 0 Å². The highest BCUT2D eigenvalue weighted by atomic mass is 16.7. The lowest BCUT2D eigenvalue weighted by Crippen LogP contribution is -2.33. The van der Waals surface area contributed by atoms with Gasteiger partial charge in [0.15, 0.2) is 0 Å². The second kappa shape index (κ2) is 8.06. The van der Waals surface area contributed by atoms with E-state index in [2.05, 4.69) is 9.47 Å². The van der Waals surface area contributed by atoms with E-state index >= 15 is 0 Å². The number of methoxy groups -OCH3 is 2. The maximum absolute atomic E-state index is 11.4. The summed E-state index contributed by atoms with van der Waals surface area (Å²) >= 11 is 0. The molecule has 0 saturated carbocycles. The summed E-state index contributed by atoms with van der Waals surface area (Å²) in [6.45, 7) is 3.37. The van der Waals surface area contributed by atoms with Gasteiger partial charge in [0.1, 0.15) is 6.61 Å². The Morgan fingerprint density at radius 3 is 2.25 bits per heavy atom. The van der Waals surface area contributed by atoms with Gasteiger partial charge in [0, 0.05) is 14.2 Å². The van der Waals surface area contributed by atoms with Crippen LogP contribution in [0.3, 0.4) is 0 Å². The number of ether oxygens (including phenoxy) is 4. The summed E-state index contributed by atoms with van der Waals surface area (Å²) in [5, 5.41) is 0. The molecule has 6 heteroatoms. The zero-order valence-corrected chi connectivity index (χ0v) is 10.0. The van der Waals surface area contributed by atoms with Crippen molar-refractivity contribution in [2.45, 2.75) is 32.7 Å². The molecule has 16 heavy (non-hydrogen) atoms. The molecule has 0 aromatic rings. The molecular formula is C10H18O6. The lowest BCUT2D eigenvalue weighted by molar-refractivity contribution is -0.201. The summed E-state index contributed by atoms with van der Waals surface area (Å²) in [6.07, 6.45) is -0.906. The third-order valence-corrected chi connectivity index (χ3v) is 1.80. The highest BCUT2D eigenvalue weighted by Crippen LogP contribution is 2.03. The Balaban J connectivity index is 4.16. The van der Waals surface area contributed by atoms with Crippen LogP contribution < -0.4 is 0 Å². The van der Waals surface area contributed by atoms with Gasteiger partial charge in [0.05, 0.1) is 6.10 Å². The maximum atomic E-state index is 11.4. The van der Waals surface area contributed by atoms with Gasteiger partial charge in [0.2, 0.25) is 0 Å². The predicted octanol–water partition coefficient (Wildman–Crippen LogP) is 0.490. The van der Waals surface area contributed by atoms with Crippen molar-refractivity contribution in [3.8, 4) is 0 Å². The Bertz CT molecular complexity index is 227. The minimum atomic E-state index is -1.34. The van der Waals surface area contributed by atoms with Crippen molar-refractivity contribution >= 4 is 11.9 Å². The summed E-state index contributed by atoms with van der Waals surface area (Å²) in [5.74, 6) is -1.41. The minimum Gasteiger partial charge on any atom is -0.458 e. The van der Waals surface area contributed by atoms with Crippen molar-refractivity contribution in [2.24, 2.45) is 0 Å². The molecule has 2 atom stereocenters. The molecule has 0 bridgehead atoms. The van der Waals surface area contributed by atoms with Gasteiger partial charge >= 0.3 is 18.2 Å². The van der Waals surface area contributed by atoms with E-state index in [0.29, 0.717) is 6.42 Å². The third-order valence-electron chi connectivity index (χ3n) is 1.80. The molecule has 0 saturated heterocycles. The standard InChI is InChI=1S/C10H18O6/c1-5-7(2)15-9(12)10(14-4)16-8(11)6-13-3/h7,10H,5-6H2,1-4H3. The molecule has 0 amide bonds. The second-order valence-electron chi connectivity index (χ2n) is 3.15. The summed E-state index contributed by atoms with van der Waals surface area (Å²) in [6, 6.07) is 0. The molecule has 0 N–H and O–H groups in total. The van der Waals surface area contributed by atoms with E-state index in [4.69, 9.17) is 9.47 Å². The van der Waals surface area contributed by atoms with Crippen LogP contribution in [0.4, 0.5) is 0 Å². The zero-order chi connectivity index (χ0) is 12.6. The number of rotatable bonds is 7. The van der Waals surface area contributed by atoms with E-state index in [-0.39, 0.29) is 12.7 Å². The lowest BCUT2D eigenvalue weighted by Gasteiger charge is -2.17. The molecule has 0 aliphatic heterocycles. The average molecular weight is 234 g/mol. The fourth-order valence-corrected chi connectivity index (χ4v) is 0.801. The minimum absolute atomic E-state index is 0.240. The van der Waals surface area contributed by atoms with Gasteiger partial charge < -0.3 is 18.9 Å². The van der Waals surface area contributed by atoms with E-state index in [1.54, 1.807) is 6.92 Å². The van der Waals surface area contributed by atoms with Crippen LogP contribution in [-0.4, -0.2) is 45.2 Å². The van der Waals surface area contributed by atoms with Crippen LogP contribution in [0.15, 0.2) is 0 Å². The Hall–Kier alpha value is -1.14. The molecule has 0 aliphatic rings. The molecule has 0 radical (unpaired) electrons. The van der Waals surface area contributed by atoms with Crippen LogP contribution in [0.2, 0.25) is 0 Å². The lowest BCUT2D eigenvalue weighted by atomic mass is 10.3. The average Bonchev–Trinajstić information content (AvgIpc) is 2.25. The largest absolute Gasteiger partial charge is 0.458 e. The molecule has 0 rings (SSSR count). The Kier molecular flexibility index (Phi) is 7.49. The summed E-state index contributed by atoms with van der Waals surface area (Å²) in [7, 11) is 2.60. The van der Waals surface area contributed by atoms with E-state index in [1.807, 2.05) is 6.92 Å². The number of hydrogen-bond donors (Lipinski definition) is 0. The van der Waals surface area contributed by atoms with Crippen LogP contribution in [-0.2, 0) is 28.5 Å². The Morgan fingerprint density at radius 1 is 1.19 bits per heavy atom. The van der Waals surface area contributed by atoms with E-state index in [1.165, 1.54) is 14.2 Å². The highest BCUT2D eigenvalue weighted by Gasteiger charge is 2.25. The van der Waals surface area contributed by atoms with Gasteiger partial charge in [0.25, 0.3) is 0 Å². The van der Waals surface area contributed by atoms with Crippen molar-refractivity contribution in [3.63, 3.8) is 0 Å². The normalized spacial score (nSPS) is 14.0. The van der Waals surface area contributed by atoms with Crippen LogP contribution in [0, 0.1) is 0 Å². The summed E-state index contributed by atoms with van der Waals surface area (Å²) in [5.41, 5.74) is 0. The predicted molar refractivity (Wildman–Crippen MR) is 54.6 cm³/mol. The highest BCUT2D eigenvalue weighted by molar-refractivity contribution is 5.78. The monoisotopic (exact) mass is 234 g/mol. The van der Waals surface area contributed by atoms with E-state index in [0.717, 1.165) is 0 Å². The molecule has 0 aromatic carbocycles. The number of esters is 2. The third kappa shape index (κ3) is 5.67. The molecule has 0 aromatic heterocycles. The van der Waals surface area contributed by atoms with Gasteiger partial charge in [-0.3, -0.25) is 0 Å².